The Labute approximate surface area is 95.1 Å². The highest BCUT2D eigenvalue weighted by Gasteiger charge is 2.15. The van der Waals surface area contributed by atoms with E-state index < -0.39 is 23.1 Å². The van der Waals surface area contributed by atoms with Crippen molar-refractivity contribution in [3.8, 4) is 5.69 Å². The van der Waals surface area contributed by atoms with E-state index in [-0.39, 0.29) is 0 Å². The predicted molar refractivity (Wildman–Crippen MR) is 54.0 cm³/mol. The molecule has 4 nitrogen and oxygen atoms in total. The van der Waals surface area contributed by atoms with Gasteiger partial charge >= 0.3 is 0 Å². The molecule has 0 aliphatic carbocycles. The summed E-state index contributed by atoms with van der Waals surface area (Å²) >= 11 is 0. The second kappa shape index (κ2) is 4.54. The van der Waals surface area contributed by atoms with Crippen molar-refractivity contribution in [3.05, 3.63) is 41.5 Å². The Hall–Kier alpha value is -1.89. The largest absolute Gasteiger partial charge is 0.314 e. The van der Waals surface area contributed by atoms with E-state index in [9.17, 15) is 13.2 Å². The minimum atomic E-state index is -1.02. The van der Waals surface area contributed by atoms with E-state index in [0.29, 0.717) is 24.4 Å². The second-order valence-corrected chi connectivity index (χ2v) is 3.40. The Morgan fingerprint density at radius 2 is 1.88 bits per heavy atom. The van der Waals surface area contributed by atoms with Crippen LogP contribution in [0.3, 0.4) is 0 Å². The van der Waals surface area contributed by atoms with Crippen molar-refractivity contribution < 1.29 is 13.2 Å². The first-order valence-electron chi connectivity index (χ1n) is 4.82. The summed E-state index contributed by atoms with van der Waals surface area (Å²) in [6.45, 7) is 0.421. The minimum Gasteiger partial charge on any atom is -0.314 e. The molecule has 1 heterocycles. The van der Waals surface area contributed by atoms with Gasteiger partial charge in [0.1, 0.15) is 11.5 Å². The molecule has 0 unspecified atom stereocenters. The lowest BCUT2D eigenvalue weighted by Crippen LogP contribution is -2.05. The fourth-order valence-electron chi connectivity index (χ4n) is 1.42. The first kappa shape index (κ1) is 11.6. The van der Waals surface area contributed by atoms with Gasteiger partial charge in [-0.05, 0) is 7.05 Å². The molecule has 0 saturated heterocycles. The monoisotopic (exact) mass is 242 g/mol. The van der Waals surface area contributed by atoms with Crippen molar-refractivity contribution in [1.29, 1.82) is 0 Å². The zero-order valence-electron chi connectivity index (χ0n) is 8.91. The summed E-state index contributed by atoms with van der Waals surface area (Å²) in [4.78, 5) is 0. The lowest BCUT2D eigenvalue weighted by molar-refractivity contribution is 0.526. The van der Waals surface area contributed by atoms with Crippen molar-refractivity contribution in [2.24, 2.45) is 0 Å². The summed E-state index contributed by atoms with van der Waals surface area (Å²) in [5.74, 6) is -3.02. The molecule has 0 aliphatic rings. The highest BCUT2D eigenvalue weighted by atomic mass is 19.1. The second-order valence-electron chi connectivity index (χ2n) is 3.40. The topological polar surface area (TPSA) is 42.7 Å². The minimum absolute atomic E-state index is 0.421. The number of hydrogen-bond donors (Lipinski definition) is 1. The molecule has 0 bridgehead atoms. The standard InChI is InChI=1S/C10H9F3N4/c1-14-4-7-5-17(16-15-7)10-8(12)2-6(11)3-9(10)13/h2-3,5,14H,4H2,1H3. The summed E-state index contributed by atoms with van der Waals surface area (Å²) in [6.07, 6.45) is 1.37. The van der Waals surface area contributed by atoms with E-state index in [1.165, 1.54) is 6.20 Å². The molecule has 1 aromatic carbocycles. The van der Waals surface area contributed by atoms with Crippen molar-refractivity contribution >= 4 is 0 Å². The van der Waals surface area contributed by atoms with Gasteiger partial charge in [-0.25, -0.2) is 17.9 Å². The lowest BCUT2D eigenvalue weighted by Gasteiger charge is -2.03. The van der Waals surface area contributed by atoms with Crippen LogP contribution in [-0.2, 0) is 6.54 Å². The van der Waals surface area contributed by atoms with Crippen LogP contribution in [0, 0.1) is 17.5 Å². The van der Waals surface area contributed by atoms with Crippen LogP contribution in [0.25, 0.3) is 5.69 Å². The number of hydrogen-bond acceptors (Lipinski definition) is 3. The lowest BCUT2D eigenvalue weighted by atomic mass is 10.3. The maximum absolute atomic E-state index is 13.4. The van der Waals surface area contributed by atoms with Crippen molar-refractivity contribution in [3.63, 3.8) is 0 Å². The van der Waals surface area contributed by atoms with Crippen molar-refractivity contribution in [1.82, 2.24) is 20.3 Å². The molecular formula is C10H9F3N4. The smallest absolute Gasteiger partial charge is 0.154 e. The molecule has 7 heteroatoms. The zero-order valence-corrected chi connectivity index (χ0v) is 8.91. The number of rotatable bonds is 3. The average molecular weight is 242 g/mol. The van der Waals surface area contributed by atoms with E-state index in [0.717, 1.165) is 4.68 Å². The Balaban J connectivity index is 2.45. The molecule has 1 N–H and O–H groups in total. The third-order valence-electron chi connectivity index (χ3n) is 2.11. The van der Waals surface area contributed by atoms with E-state index >= 15 is 0 Å². The SMILES string of the molecule is CNCc1cn(-c2c(F)cc(F)cc2F)nn1. The van der Waals surface area contributed by atoms with Crippen LogP contribution < -0.4 is 5.32 Å². The highest BCUT2D eigenvalue weighted by molar-refractivity contribution is 5.34. The van der Waals surface area contributed by atoms with Gasteiger partial charge in [-0.1, -0.05) is 5.21 Å². The van der Waals surface area contributed by atoms with Crippen LogP contribution in [0.2, 0.25) is 0 Å². The summed E-state index contributed by atoms with van der Waals surface area (Å²) in [5.41, 5.74) is 0.0804. The molecule has 2 aromatic rings. The van der Waals surface area contributed by atoms with Crippen LogP contribution in [0.1, 0.15) is 5.69 Å². The molecule has 0 radical (unpaired) electrons. The summed E-state index contributed by atoms with van der Waals surface area (Å²) in [6, 6.07) is 1.19. The quantitative estimate of drug-likeness (QED) is 0.884. The average Bonchev–Trinajstić information content (AvgIpc) is 2.65. The van der Waals surface area contributed by atoms with E-state index in [2.05, 4.69) is 15.6 Å². The van der Waals surface area contributed by atoms with Gasteiger partial charge in [0.25, 0.3) is 0 Å². The molecule has 0 atom stereocenters. The molecule has 0 fully saturated rings. The highest BCUT2D eigenvalue weighted by Crippen LogP contribution is 2.18. The number of aromatic nitrogens is 3. The summed E-state index contributed by atoms with van der Waals surface area (Å²) in [7, 11) is 1.71. The van der Waals surface area contributed by atoms with E-state index in [1.807, 2.05) is 0 Å². The summed E-state index contributed by atoms with van der Waals surface area (Å²) < 4.78 is 40.5. The van der Waals surface area contributed by atoms with E-state index in [1.54, 1.807) is 7.05 Å². The number of nitrogens with one attached hydrogen (secondary N) is 1. The van der Waals surface area contributed by atoms with Crippen LogP contribution in [0.15, 0.2) is 18.3 Å². The van der Waals surface area contributed by atoms with Crippen LogP contribution >= 0.6 is 0 Å². The van der Waals surface area contributed by atoms with Gasteiger partial charge in [0.2, 0.25) is 0 Å². The van der Waals surface area contributed by atoms with Gasteiger partial charge in [-0.2, -0.15) is 0 Å². The van der Waals surface area contributed by atoms with Gasteiger partial charge < -0.3 is 5.32 Å². The first-order chi connectivity index (χ1) is 8.11. The summed E-state index contributed by atoms with van der Waals surface area (Å²) in [5, 5.41) is 10.1. The maximum Gasteiger partial charge on any atom is 0.154 e. The van der Waals surface area contributed by atoms with E-state index in [4.69, 9.17) is 0 Å². The number of nitrogens with zero attached hydrogens (tertiary/aromatic N) is 3. The van der Waals surface area contributed by atoms with Gasteiger partial charge in [0.05, 0.1) is 11.9 Å². The fourth-order valence-corrected chi connectivity index (χ4v) is 1.42. The molecule has 0 amide bonds. The Kier molecular flexibility index (Phi) is 3.10. The Bertz CT molecular complexity index is 515. The van der Waals surface area contributed by atoms with Gasteiger partial charge in [0.15, 0.2) is 11.6 Å². The number of halogens is 3. The fraction of sp³-hybridized carbons (Fsp3) is 0.200. The molecule has 90 valence electrons. The van der Waals surface area contributed by atoms with Gasteiger partial charge in [-0.15, -0.1) is 5.10 Å². The van der Waals surface area contributed by atoms with Crippen molar-refractivity contribution in [2.75, 3.05) is 7.05 Å². The van der Waals surface area contributed by atoms with Crippen LogP contribution in [0.5, 0.6) is 0 Å². The zero-order chi connectivity index (χ0) is 12.4. The Morgan fingerprint density at radius 1 is 1.24 bits per heavy atom. The molecule has 1 aromatic heterocycles. The predicted octanol–water partition coefficient (Wildman–Crippen LogP) is 1.40. The van der Waals surface area contributed by atoms with Crippen LogP contribution in [-0.4, -0.2) is 22.0 Å². The number of benzene rings is 1. The third kappa shape index (κ3) is 2.28. The van der Waals surface area contributed by atoms with Gasteiger partial charge in [-0.3, -0.25) is 0 Å². The Morgan fingerprint density at radius 3 is 2.47 bits per heavy atom. The molecule has 2 rings (SSSR count). The molecule has 0 saturated carbocycles. The molecule has 0 aliphatic heterocycles. The third-order valence-corrected chi connectivity index (χ3v) is 2.11. The molecule has 0 spiro atoms. The van der Waals surface area contributed by atoms with Crippen LogP contribution in [0.4, 0.5) is 13.2 Å². The van der Waals surface area contributed by atoms with Gasteiger partial charge in [0, 0.05) is 18.7 Å². The molecule has 17 heavy (non-hydrogen) atoms. The normalized spacial score (nSPS) is 10.8. The first-order valence-corrected chi connectivity index (χ1v) is 4.82. The maximum atomic E-state index is 13.4. The van der Waals surface area contributed by atoms with Crippen molar-refractivity contribution in [2.45, 2.75) is 6.54 Å². The molecular weight excluding hydrogens is 233 g/mol.